The topological polar surface area (TPSA) is 90.9 Å². The van der Waals surface area contributed by atoms with Crippen molar-refractivity contribution in [2.45, 2.75) is 32.4 Å². The predicted octanol–water partition coefficient (Wildman–Crippen LogP) is 2.62. The number of benzene rings is 2. The first kappa shape index (κ1) is 18.7. The van der Waals surface area contributed by atoms with E-state index in [0.717, 1.165) is 17.1 Å². The molecule has 3 N–H and O–H groups in total. The highest BCUT2D eigenvalue weighted by Gasteiger charge is 2.31. The van der Waals surface area contributed by atoms with Crippen molar-refractivity contribution in [2.24, 2.45) is 0 Å². The summed E-state index contributed by atoms with van der Waals surface area (Å²) in [5, 5.41) is 11.6. The largest absolute Gasteiger partial charge is 0.491 e. The molecule has 1 saturated heterocycles. The molecule has 1 aliphatic rings. The van der Waals surface area contributed by atoms with Crippen LogP contribution in [0.15, 0.2) is 48.5 Å². The van der Waals surface area contributed by atoms with Crippen LogP contribution < -0.4 is 20.4 Å². The van der Waals surface area contributed by atoms with Crippen molar-refractivity contribution in [1.82, 2.24) is 10.8 Å². The van der Waals surface area contributed by atoms with Gasteiger partial charge in [0.1, 0.15) is 11.8 Å². The van der Waals surface area contributed by atoms with Gasteiger partial charge in [0.2, 0.25) is 5.91 Å². The van der Waals surface area contributed by atoms with Crippen molar-refractivity contribution in [1.29, 1.82) is 0 Å². The van der Waals surface area contributed by atoms with E-state index in [1.165, 1.54) is 0 Å². The summed E-state index contributed by atoms with van der Waals surface area (Å²) in [6, 6.07) is 14.0. The van der Waals surface area contributed by atoms with Gasteiger partial charge in [-0.2, -0.15) is 0 Å². The number of anilines is 2. The van der Waals surface area contributed by atoms with Crippen LogP contribution in [0, 0.1) is 0 Å². The summed E-state index contributed by atoms with van der Waals surface area (Å²) >= 11 is 0. The molecule has 27 heavy (non-hydrogen) atoms. The Kier molecular flexibility index (Phi) is 5.61. The minimum atomic E-state index is -0.582. The molecule has 0 aliphatic carbocycles. The van der Waals surface area contributed by atoms with Gasteiger partial charge in [0.25, 0.3) is 5.91 Å². The Morgan fingerprint density at radius 2 is 1.74 bits per heavy atom. The Balaban J connectivity index is 1.94. The fourth-order valence-corrected chi connectivity index (χ4v) is 3.13. The molecule has 2 aromatic carbocycles. The van der Waals surface area contributed by atoms with Crippen LogP contribution in [0.2, 0.25) is 0 Å². The summed E-state index contributed by atoms with van der Waals surface area (Å²) in [6.07, 6.45) is 0.764. The maximum atomic E-state index is 12.3. The van der Waals surface area contributed by atoms with Gasteiger partial charge in [-0.05, 0) is 68.8 Å². The van der Waals surface area contributed by atoms with E-state index >= 15 is 0 Å². The summed E-state index contributed by atoms with van der Waals surface area (Å²) in [6.45, 7) is 4.56. The van der Waals surface area contributed by atoms with E-state index in [0.29, 0.717) is 18.5 Å². The van der Waals surface area contributed by atoms with Crippen LogP contribution in [0.5, 0.6) is 5.75 Å². The van der Waals surface area contributed by atoms with E-state index in [9.17, 15) is 9.59 Å². The van der Waals surface area contributed by atoms with Crippen LogP contribution in [-0.4, -0.2) is 35.7 Å². The molecule has 2 amide bonds. The molecule has 0 bridgehead atoms. The summed E-state index contributed by atoms with van der Waals surface area (Å²) in [4.78, 5) is 25.8. The smallest absolute Gasteiger partial charge is 0.274 e. The fraction of sp³-hybridized carbons (Fsp3) is 0.300. The second-order valence-electron chi connectivity index (χ2n) is 6.61. The first-order valence-corrected chi connectivity index (χ1v) is 8.88. The first-order valence-electron chi connectivity index (χ1n) is 8.88. The van der Waals surface area contributed by atoms with E-state index in [2.05, 4.69) is 5.32 Å². The van der Waals surface area contributed by atoms with Gasteiger partial charge < -0.3 is 15.0 Å². The van der Waals surface area contributed by atoms with Gasteiger partial charge in [-0.25, -0.2) is 5.48 Å². The standard InChI is InChI=1S/C20H23N3O4/c1-13(2)27-17-9-7-16(8-10-17)23(18-11-12-21-20(18)25)15-5-3-14(4-6-15)19(24)22-26/h3-10,13,18,26H,11-12H2,1-2H3,(H,21,25)(H,22,24). The molecule has 1 unspecified atom stereocenters. The van der Waals surface area contributed by atoms with Crippen LogP contribution in [-0.2, 0) is 4.79 Å². The summed E-state index contributed by atoms with van der Waals surface area (Å²) in [7, 11) is 0. The fourth-order valence-electron chi connectivity index (χ4n) is 3.13. The van der Waals surface area contributed by atoms with E-state index in [-0.39, 0.29) is 18.1 Å². The van der Waals surface area contributed by atoms with Crippen LogP contribution >= 0.6 is 0 Å². The van der Waals surface area contributed by atoms with Crippen molar-refractivity contribution in [3.05, 3.63) is 54.1 Å². The molecular formula is C20H23N3O4. The number of carbonyl (C=O) groups excluding carboxylic acids is 2. The molecule has 3 rings (SSSR count). The van der Waals surface area contributed by atoms with Gasteiger partial charge >= 0.3 is 0 Å². The van der Waals surface area contributed by atoms with Crippen molar-refractivity contribution >= 4 is 23.2 Å². The van der Waals surface area contributed by atoms with E-state index in [1.807, 2.05) is 43.0 Å². The molecular weight excluding hydrogens is 346 g/mol. The summed E-state index contributed by atoms with van der Waals surface area (Å²) < 4.78 is 5.69. The number of hydrogen-bond acceptors (Lipinski definition) is 5. The number of rotatable bonds is 6. The number of nitrogens with one attached hydrogen (secondary N) is 2. The molecule has 0 spiro atoms. The average molecular weight is 369 g/mol. The van der Waals surface area contributed by atoms with Crippen LogP contribution in [0.25, 0.3) is 0 Å². The Morgan fingerprint density at radius 1 is 1.15 bits per heavy atom. The molecule has 1 heterocycles. The van der Waals surface area contributed by atoms with Crippen molar-refractivity contribution in [2.75, 3.05) is 11.4 Å². The number of hydrogen-bond donors (Lipinski definition) is 3. The number of hydroxylamine groups is 1. The average Bonchev–Trinajstić information content (AvgIpc) is 3.08. The van der Waals surface area contributed by atoms with Gasteiger partial charge in [-0.3, -0.25) is 14.8 Å². The van der Waals surface area contributed by atoms with Crippen LogP contribution in [0.1, 0.15) is 30.6 Å². The minimum Gasteiger partial charge on any atom is -0.491 e. The lowest BCUT2D eigenvalue weighted by Gasteiger charge is -2.30. The number of ether oxygens (including phenoxy) is 1. The third-order valence-electron chi connectivity index (χ3n) is 4.33. The molecule has 0 saturated carbocycles. The Morgan fingerprint density at radius 3 is 2.22 bits per heavy atom. The lowest BCUT2D eigenvalue weighted by atomic mass is 10.1. The second kappa shape index (κ2) is 8.09. The summed E-state index contributed by atoms with van der Waals surface area (Å²) in [5.74, 6) is 0.149. The molecule has 1 fully saturated rings. The monoisotopic (exact) mass is 369 g/mol. The SMILES string of the molecule is CC(C)Oc1ccc(N(c2ccc(C(=O)NO)cc2)C2CCNC2=O)cc1. The van der Waals surface area contributed by atoms with E-state index in [1.54, 1.807) is 29.7 Å². The highest BCUT2D eigenvalue weighted by molar-refractivity contribution is 5.94. The molecule has 2 aromatic rings. The van der Waals surface area contributed by atoms with Crippen LogP contribution in [0.3, 0.4) is 0 Å². The van der Waals surface area contributed by atoms with Gasteiger partial charge in [0.15, 0.2) is 0 Å². The van der Waals surface area contributed by atoms with Gasteiger partial charge in [-0.15, -0.1) is 0 Å². The number of amides is 2. The Bertz CT molecular complexity index is 803. The highest BCUT2D eigenvalue weighted by atomic mass is 16.5. The number of nitrogens with zero attached hydrogens (tertiary/aromatic N) is 1. The zero-order valence-electron chi connectivity index (χ0n) is 15.3. The first-order chi connectivity index (χ1) is 13.0. The Hall–Kier alpha value is -3.06. The molecule has 142 valence electrons. The maximum Gasteiger partial charge on any atom is 0.274 e. The zero-order valence-corrected chi connectivity index (χ0v) is 15.3. The number of carbonyl (C=O) groups is 2. The Labute approximate surface area is 157 Å². The molecule has 0 aromatic heterocycles. The molecule has 7 heteroatoms. The molecule has 7 nitrogen and oxygen atoms in total. The second-order valence-corrected chi connectivity index (χ2v) is 6.61. The highest BCUT2D eigenvalue weighted by Crippen LogP contribution is 2.32. The van der Waals surface area contributed by atoms with Gasteiger partial charge in [-0.1, -0.05) is 0 Å². The van der Waals surface area contributed by atoms with Crippen LogP contribution in [0.4, 0.5) is 11.4 Å². The molecule has 1 aliphatic heterocycles. The molecule has 1 atom stereocenters. The quantitative estimate of drug-likeness (QED) is 0.538. The summed E-state index contributed by atoms with van der Waals surface area (Å²) in [5.41, 5.74) is 3.58. The third kappa shape index (κ3) is 4.20. The lowest BCUT2D eigenvalue weighted by molar-refractivity contribution is -0.120. The van der Waals surface area contributed by atoms with Crippen molar-refractivity contribution in [3.8, 4) is 5.75 Å². The van der Waals surface area contributed by atoms with Gasteiger partial charge in [0.05, 0.1) is 6.10 Å². The van der Waals surface area contributed by atoms with Crippen molar-refractivity contribution < 1.29 is 19.5 Å². The minimum absolute atomic E-state index is 0.0327. The van der Waals surface area contributed by atoms with Gasteiger partial charge in [0, 0.05) is 23.5 Å². The third-order valence-corrected chi connectivity index (χ3v) is 4.33. The van der Waals surface area contributed by atoms with Crippen molar-refractivity contribution in [3.63, 3.8) is 0 Å². The maximum absolute atomic E-state index is 12.3. The zero-order chi connectivity index (χ0) is 19.4. The van der Waals surface area contributed by atoms with E-state index < -0.39 is 5.91 Å². The van der Waals surface area contributed by atoms with E-state index in [4.69, 9.17) is 9.94 Å². The normalized spacial score (nSPS) is 16.1. The molecule has 0 radical (unpaired) electrons. The lowest BCUT2D eigenvalue weighted by Crippen LogP contribution is -2.37. The predicted molar refractivity (Wildman–Crippen MR) is 101 cm³/mol.